The van der Waals surface area contributed by atoms with E-state index in [2.05, 4.69) is 17.3 Å². The van der Waals surface area contributed by atoms with Gasteiger partial charge in [-0.15, -0.1) is 0 Å². The Morgan fingerprint density at radius 2 is 2.18 bits per heavy atom. The number of para-hydroxylation sites is 1. The highest BCUT2D eigenvalue weighted by Gasteiger charge is 2.19. The van der Waals surface area contributed by atoms with E-state index in [0.29, 0.717) is 6.04 Å². The van der Waals surface area contributed by atoms with Gasteiger partial charge in [0.25, 0.3) is 0 Å². The lowest BCUT2D eigenvalue weighted by Crippen LogP contribution is -2.36. The third-order valence-corrected chi connectivity index (χ3v) is 3.34. The van der Waals surface area contributed by atoms with Crippen molar-refractivity contribution >= 4 is 0 Å². The standard InChI is InChI=1S/C14H22N2O/c1-16-10-5-6-13(16)12-15-9-11-17-14-7-3-2-4-8-14/h2-4,7-8,13,15H,5-6,9-12H2,1H3. The van der Waals surface area contributed by atoms with Gasteiger partial charge in [0.2, 0.25) is 0 Å². The number of ether oxygens (including phenoxy) is 1. The zero-order valence-electron chi connectivity index (χ0n) is 10.6. The topological polar surface area (TPSA) is 24.5 Å². The average Bonchev–Trinajstić information content (AvgIpc) is 2.76. The van der Waals surface area contributed by atoms with Gasteiger partial charge in [0.1, 0.15) is 12.4 Å². The van der Waals surface area contributed by atoms with Gasteiger partial charge in [-0.05, 0) is 38.6 Å². The monoisotopic (exact) mass is 234 g/mol. The molecule has 1 aliphatic heterocycles. The first-order valence-corrected chi connectivity index (χ1v) is 6.45. The molecule has 3 nitrogen and oxygen atoms in total. The molecule has 17 heavy (non-hydrogen) atoms. The molecule has 1 aromatic rings. The van der Waals surface area contributed by atoms with E-state index in [0.717, 1.165) is 25.4 Å². The number of rotatable bonds is 6. The molecule has 0 saturated carbocycles. The van der Waals surface area contributed by atoms with Gasteiger partial charge in [-0.3, -0.25) is 0 Å². The summed E-state index contributed by atoms with van der Waals surface area (Å²) in [5.41, 5.74) is 0. The summed E-state index contributed by atoms with van der Waals surface area (Å²) in [6.45, 7) is 3.97. The highest BCUT2D eigenvalue weighted by atomic mass is 16.5. The predicted octanol–water partition coefficient (Wildman–Crippen LogP) is 1.75. The third-order valence-electron chi connectivity index (χ3n) is 3.34. The summed E-state index contributed by atoms with van der Waals surface area (Å²) < 4.78 is 5.62. The summed E-state index contributed by atoms with van der Waals surface area (Å²) in [4.78, 5) is 2.44. The van der Waals surface area contributed by atoms with Crippen molar-refractivity contribution in [3.05, 3.63) is 30.3 Å². The van der Waals surface area contributed by atoms with Gasteiger partial charge in [-0.25, -0.2) is 0 Å². The van der Waals surface area contributed by atoms with E-state index < -0.39 is 0 Å². The second kappa shape index (κ2) is 6.62. The maximum absolute atomic E-state index is 5.62. The first-order chi connectivity index (χ1) is 8.36. The second-order valence-corrected chi connectivity index (χ2v) is 4.64. The number of nitrogens with zero attached hydrogens (tertiary/aromatic N) is 1. The van der Waals surface area contributed by atoms with Crippen molar-refractivity contribution in [2.45, 2.75) is 18.9 Å². The van der Waals surface area contributed by atoms with Crippen molar-refractivity contribution in [2.75, 3.05) is 33.3 Å². The largest absolute Gasteiger partial charge is 0.492 e. The highest BCUT2D eigenvalue weighted by molar-refractivity contribution is 5.20. The van der Waals surface area contributed by atoms with E-state index >= 15 is 0 Å². The van der Waals surface area contributed by atoms with Crippen LogP contribution in [0.1, 0.15) is 12.8 Å². The molecule has 3 heteroatoms. The molecule has 0 radical (unpaired) electrons. The Morgan fingerprint density at radius 3 is 2.88 bits per heavy atom. The fourth-order valence-electron chi connectivity index (χ4n) is 2.26. The SMILES string of the molecule is CN1CCCC1CNCCOc1ccccc1. The molecule has 0 bridgehead atoms. The van der Waals surface area contributed by atoms with E-state index in [1.807, 2.05) is 30.3 Å². The predicted molar refractivity (Wildman–Crippen MR) is 70.5 cm³/mol. The van der Waals surface area contributed by atoms with Crippen molar-refractivity contribution in [3.63, 3.8) is 0 Å². The molecular formula is C14H22N2O. The number of hydrogen-bond acceptors (Lipinski definition) is 3. The van der Waals surface area contributed by atoms with Crippen LogP contribution in [0.25, 0.3) is 0 Å². The first kappa shape index (κ1) is 12.4. The number of nitrogens with one attached hydrogen (secondary N) is 1. The Bertz CT molecular complexity index is 315. The molecule has 0 aliphatic carbocycles. The molecule has 0 aromatic heterocycles. The van der Waals surface area contributed by atoms with E-state index in [-0.39, 0.29) is 0 Å². The molecule has 1 heterocycles. The molecule has 1 N–H and O–H groups in total. The lowest BCUT2D eigenvalue weighted by Gasteiger charge is -2.19. The van der Waals surface area contributed by atoms with Crippen LogP contribution >= 0.6 is 0 Å². The molecule has 1 fully saturated rings. The first-order valence-electron chi connectivity index (χ1n) is 6.45. The maximum atomic E-state index is 5.62. The molecule has 1 aliphatic rings. The van der Waals surface area contributed by atoms with Crippen LogP contribution in [0.3, 0.4) is 0 Å². The van der Waals surface area contributed by atoms with Crippen LogP contribution in [-0.4, -0.2) is 44.2 Å². The molecule has 1 unspecified atom stereocenters. The normalized spacial score (nSPS) is 20.6. The Kier molecular flexibility index (Phi) is 4.83. The van der Waals surface area contributed by atoms with Crippen molar-refractivity contribution in [1.82, 2.24) is 10.2 Å². The maximum Gasteiger partial charge on any atom is 0.119 e. The number of hydrogen-bond donors (Lipinski definition) is 1. The van der Waals surface area contributed by atoms with Gasteiger partial charge in [-0.2, -0.15) is 0 Å². The lowest BCUT2D eigenvalue weighted by atomic mass is 10.2. The Hall–Kier alpha value is -1.06. The van der Waals surface area contributed by atoms with Crippen LogP contribution in [0.5, 0.6) is 5.75 Å². The summed E-state index contributed by atoms with van der Waals surface area (Å²) in [7, 11) is 2.21. The van der Waals surface area contributed by atoms with Crippen molar-refractivity contribution in [3.8, 4) is 5.75 Å². The average molecular weight is 234 g/mol. The summed E-state index contributed by atoms with van der Waals surface area (Å²) in [5.74, 6) is 0.951. The van der Waals surface area contributed by atoms with Crippen molar-refractivity contribution in [2.24, 2.45) is 0 Å². The molecule has 1 saturated heterocycles. The van der Waals surface area contributed by atoms with Crippen LogP contribution < -0.4 is 10.1 Å². The summed E-state index contributed by atoms with van der Waals surface area (Å²) >= 11 is 0. The van der Waals surface area contributed by atoms with Crippen LogP contribution in [-0.2, 0) is 0 Å². The second-order valence-electron chi connectivity index (χ2n) is 4.64. The fourth-order valence-corrected chi connectivity index (χ4v) is 2.26. The van der Waals surface area contributed by atoms with Crippen molar-refractivity contribution < 1.29 is 4.74 Å². The molecular weight excluding hydrogens is 212 g/mol. The van der Waals surface area contributed by atoms with E-state index in [1.54, 1.807) is 0 Å². The zero-order chi connectivity index (χ0) is 11.9. The van der Waals surface area contributed by atoms with E-state index in [4.69, 9.17) is 4.74 Å². The molecule has 94 valence electrons. The third kappa shape index (κ3) is 4.02. The minimum absolute atomic E-state index is 0.715. The lowest BCUT2D eigenvalue weighted by molar-refractivity contribution is 0.279. The highest BCUT2D eigenvalue weighted by Crippen LogP contribution is 2.13. The minimum Gasteiger partial charge on any atom is -0.492 e. The Morgan fingerprint density at radius 1 is 1.35 bits per heavy atom. The van der Waals surface area contributed by atoms with Crippen LogP contribution in [0, 0.1) is 0 Å². The van der Waals surface area contributed by atoms with Gasteiger partial charge in [0, 0.05) is 19.1 Å². The van der Waals surface area contributed by atoms with Gasteiger partial charge in [0.15, 0.2) is 0 Å². The van der Waals surface area contributed by atoms with Crippen LogP contribution in [0.4, 0.5) is 0 Å². The number of likely N-dealkylation sites (tertiary alicyclic amines) is 1. The Balaban J connectivity index is 1.55. The minimum atomic E-state index is 0.715. The molecule has 0 amide bonds. The Labute approximate surface area is 104 Å². The van der Waals surface area contributed by atoms with Crippen LogP contribution in [0.15, 0.2) is 30.3 Å². The summed E-state index contributed by atoms with van der Waals surface area (Å²) in [6, 6.07) is 10.7. The van der Waals surface area contributed by atoms with E-state index in [9.17, 15) is 0 Å². The number of likely N-dealkylation sites (N-methyl/N-ethyl adjacent to an activating group) is 1. The van der Waals surface area contributed by atoms with Gasteiger partial charge < -0.3 is 15.0 Å². The molecule has 1 atom stereocenters. The molecule has 2 rings (SSSR count). The number of benzene rings is 1. The molecule has 1 aromatic carbocycles. The fraction of sp³-hybridized carbons (Fsp3) is 0.571. The van der Waals surface area contributed by atoms with Gasteiger partial charge in [0.05, 0.1) is 0 Å². The van der Waals surface area contributed by atoms with Crippen molar-refractivity contribution in [1.29, 1.82) is 0 Å². The summed E-state index contributed by atoms with van der Waals surface area (Å²) in [6.07, 6.45) is 2.66. The zero-order valence-corrected chi connectivity index (χ0v) is 10.6. The quantitative estimate of drug-likeness (QED) is 0.759. The van der Waals surface area contributed by atoms with Gasteiger partial charge in [-0.1, -0.05) is 18.2 Å². The molecule has 0 spiro atoms. The summed E-state index contributed by atoms with van der Waals surface area (Å²) in [5, 5.41) is 3.46. The van der Waals surface area contributed by atoms with Crippen LogP contribution in [0.2, 0.25) is 0 Å². The van der Waals surface area contributed by atoms with E-state index in [1.165, 1.54) is 19.4 Å². The smallest absolute Gasteiger partial charge is 0.119 e. The van der Waals surface area contributed by atoms with Gasteiger partial charge >= 0.3 is 0 Å².